The number of hydrogen-bond acceptors (Lipinski definition) is 5. The number of pyridine rings is 1. The average Bonchev–Trinajstić information content (AvgIpc) is 3.00. The summed E-state index contributed by atoms with van der Waals surface area (Å²) in [6, 6.07) is 1.61. The van der Waals surface area contributed by atoms with E-state index in [1.54, 1.807) is 6.07 Å². The third-order valence-corrected chi connectivity index (χ3v) is 4.32. The molecule has 0 amide bonds. The first-order valence-electron chi connectivity index (χ1n) is 6.66. The molecule has 3 heterocycles. The van der Waals surface area contributed by atoms with Crippen LogP contribution in [0.25, 0.3) is 0 Å². The van der Waals surface area contributed by atoms with Crippen LogP contribution in [0.15, 0.2) is 12.3 Å². The van der Waals surface area contributed by atoms with E-state index in [2.05, 4.69) is 15.2 Å². The molecule has 6 heteroatoms. The highest BCUT2D eigenvalue weighted by Crippen LogP contribution is 2.38. The third kappa shape index (κ3) is 2.16. The number of nitrogens with zero attached hydrogens (tertiary/aromatic N) is 3. The summed E-state index contributed by atoms with van der Waals surface area (Å²) in [4.78, 5) is 16.9. The van der Waals surface area contributed by atoms with Gasteiger partial charge in [-0.15, -0.1) is 0 Å². The molecule has 1 atom stereocenters. The van der Waals surface area contributed by atoms with Crippen molar-refractivity contribution in [3.63, 3.8) is 0 Å². The normalized spacial score (nSPS) is 26.3. The zero-order valence-electron chi connectivity index (χ0n) is 11.1. The smallest absolute Gasteiger partial charge is 0.287 e. The van der Waals surface area contributed by atoms with E-state index in [1.807, 2.05) is 6.92 Å². The Morgan fingerprint density at radius 2 is 2.37 bits per heavy atom. The summed E-state index contributed by atoms with van der Waals surface area (Å²) in [6.07, 6.45) is 3.76. The second-order valence-corrected chi connectivity index (χ2v) is 5.69. The Morgan fingerprint density at radius 1 is 1.53 bits per heavy atom. The van der Waals surface area contributed by atoms with Crippen LogP contribution in [0.1, 0.15) is 18.4 Å². The molecule has 1 aromatic heterocycles. The van der Waals surface area contributed by atoms with Gasteiger partial charge in [0.05, 0.1) is 4.92 Å². The van der Waals surface area contributed by atoms with Crippen molar-refractivity contribution >= 4 is 11.5 Å². The van der Waals surface area contributed by atoms with Gasteiger partial charge in [0.15, 0.2) is 0 Å². The van der Waals surface area contributed by atoms with E-state index in [0.717, 1.165) is 37.6 Å². The summed E-state index contributed by atoms with van der Waals surface area (Å²) in [7, 11) is 0. The maximum atomic E-state index is 10.7. The molecule has 2 fully saturated rings. The number of anilines is 1. The van der Waals surface area contributed by atoms with E-state index in [1.165, 1.54) is 19.0 Å². The molecule has 0 bridgehead atoms. The monoisotopic (exact) mass is 262 g/mol. The molecule has 2 aliphatic heterocycles. The van der Waals surface area contributed by atoms with Crippen LogP contribution in [0, 0.1) is 22.5 Å². The van der Waals surface area contributed by atoms with Gasteiger partial charge in [0, 0.05) is 31.1 Å². The number of hydrogen-bond donors (Lipinski definition) is 1. The first-order chi connectivity index (χ1) is 9.10. The van der Waals surface area contributed by atoms with E-state index >= 15 is 0 Å². The van der Waals surface area contributed by atoms with Crippen LogP contribution in [-0.2, 0) is 0 Å². The minimum atomic E-state index is -0.393. The van der Waals surface area contributed by atoms with Crippen LogP contribution in [0.5, 0.6) is 0 Å². The van der Waals surface area contributed by atoms with Crippen LogP contribution in [0.2, 0.25) is 0 Å². The molecule has 19 heavy (non-hydrogen) atoms. The second-order valence-electron chi connectivity index (χ2n) is 5.69. The fraction of sp³-hybridized carbons (Fsp3) is 0.615. The Kier molecular flexibility index (Phi) is 2.89. The van der Waals surface area contributed by atoms with Crippen LogP contribution in [0.4, 0.5) is 11.5 Å². The minimum absolute atomic E-state index is 0.0673. The largest absolute Gasteiger partial charge is 0.356 e. The zero-order valence-corrected chi connectivity index (χ0v) is 11.1. The Balaban J connectivity index is 1.82. The third-order valence-electron chi connectivity index (χ3n) is 4.32. The molecule has 1 unspecified atom stereocenters. The van der Waals surface area contributed by atoms with Gasteiger partial charge in [-0.1, -0.05) is 0 Å². The predicted molar refractivity (Wildman–Crippen MR) is 72.4 cm³/mol. The Labute approximate surface area is 112 Å². The van der Waals surface area contributed by atoms with E-state index < -0.39 is 4.92 Å². The Bertz CT molecular complexity index is 511. The minimum Gasteiger partial charge on any atom is -0.356 e. The highest BCUT2D eigenvalue weighted by molar-refractivity contribution is 5.51. The lowest BCUT2D eigenvalue weighted by molar-refractivity contribution is -0.385. The number of rotatable bonds is 2. The van der Waals surface area contributed by atoms with Gasteiger partial charge in [-0.3, -0.25) is 10.1 Å². The fourth-order valence-corrected chi connectivity index (χ4v) is 3.24. The maximum absolute atomic E-state index is 10.7. The predicted octanol–water partition coefficient (Wildman–Crippen LogP) is 1.49. The van der Waals surface area contributed by atoms with Crippen molar-refractivity contribution < 1.29 is 4.92 Å². The summed E-state index contributed by atoms with van der Waals surface area (Å²) in [5.74, 6) is 0.898. The summed E-state index contributed by atoms with van der Waals surface area (Å²) in [5, 5.41) is 14.2. The summed E-state index contributed by atoms with van der Waals surface area (Å²) in [5.41, 5.74) is 1.34. The standard InChI is InChI=1S/C13H18N4O2/c1-10-6-11(17(18)19)7-15-12(10)16-5-3-13(9-16)2-4-14-8-13/h6-7,14H,2-5,8-9H2,1H3. The van der Waals surface area contributed by atoms with Crippen molar-refractivity contribution in [1.82, 2.24) is 10.3 Å². The van der Waals surface area contributed by atoms with Gasteiger partial charge >= 0.3 is 0 Å². The van der Waals surface area contributed by atoms with Crippen LogP contribution in [0.3, 0.4) is 0 Å². The Hall–Kier alpha value is -1.69. The molecule has 2 saturated heterocycles. The highest BCUT2D eigenvalue weighted by Gasteiger charge is 2.41. The molecular formula is C13H18N4O2. The van der Waals surface area contributed by atoms with Gasteiger partial charge in [0.25, 0.3) is 5.69 Å². The lowest BCUT2D eigenvalue weighted by Gasteiger charge is -2.24. The number of aryl methyl sites for hydroxylation is 1. The first kappa shape index (κ1) is 12.3. The van der Waals surface area contributed by atoms with Crippen molar-refractivity contribution in [1.29, 1.82) is 0 Å². The van der Waals surface area contributed by atoms with Crippen molar-refractivity contribution in [3.05, 3.63) is 27.9 Å². The van der Waals surface area contributed by atoms with Crippen LogP contribution in [-0.4, -0.2) is 36.1 Å². The van der Waals surface area contributed by atoms with Gasteiger partial charge in [-0.25, -0.2) is 4.98 Å². The van der Waals surface area contributed by atoms with Gasteiger partial charge in [0.2, 0.25) is 0 Å². The second kappa shape index (κ2) is 4.45. The van der Waals surface area contributed by atoms with Gasteiger partial charge < -0.3 is 10.2 Å². The molecular weight excluding hydrogens is 244 g/mol. The quantitative estimate of drug-likeness (QED) is 0.646. The zero-order chi connectivity index (χ0) is 13.5. The summed E-state index contributed by atoms with van der Waals surface area (Å²) >= 11 is 0. The lowest BCUT2D eigenvalue weighted by atomic mass is 9.87. The molecule has 0 saturated carbocycles. The van der Waals surface area contributed by atoms with Gasteiger partial charge in [-0.2, -0.15) is 0 Å². The molecule has 0 radical (unpaired) electrons. The van der Waals surface area contributed by atoms with Crippen LogP contribution >= 0.6 is 0 Å². The SMILES string of the molecule is Cc1cc([N+](=O)[O-])cnc1N1CCC2(CCNC2)C1. The van der Waals surface area contributed by atoms with Crippen molar-refractivity contribution in [2.24, 2.45) is 5.41 Å². The number of nitrogens with one attached hydrogen (secondary N) is 1. The van der Waals surface area contributed by atoms with E-state index in [4.69, 9.17) is 0 Å². The van der Waals surface area contributed by atoms with E-state index in [0.29, 0.717) is 5.41 Å². The maximum Gasteiger partial charge on any atom is 0.287 e. The molecule has 2 aliphatic rings. The molecule has 0 aliphatic carbocycles. The number of aromatic nitrogens is 1. The molecule has 102 valence electrons. The highest BCUT2D eigenvalue weighted by atomic mass is 16.6. The molecule has 6 nitrogen and oxygen atoms in total. The van der Waals surface area contributed by atoms with E-state index in [9.17, 15) is 10.1 Å². The van der Waals surface area contributed by atoms with Crippen molar-refractivity contribution in [3.8, 4) is 0 Å². The molecule has 1 spiro atoms. The Morgan fingerprint density at radius 3 is 3.00 bits per heavy atom. The average molecular weight is 262 g/mol. The summed E-state index contributed by atoms with van der Waals surface area (Å²) in [6.45, 7) is 6.07. The number of nitro groups is 1. The molecule has 0 aromatic carbocycles. The van der Waals surface area contributed by atoms with Crippen molar-refractivity contribution in [2.75, 3.05) is 31.1 Å². The molecule has 1 N–H and O–H groups in total. The van der Waals surface area contributed by atoms with Crippen LogP contribution < -0.4 is 10.2 Å². The topological polar surface area (TPSA) is 71.3 Å². The van der Waals surface area contributed by atoms with Gasteiger partial charge in [-0.05, 0) is 31.9 Å². The summed E-state index contributed by atoms with van der Waals surface area (Å²) < 4.78 is 0. The van der Waals surface area contributed by atoms with Crippen molar-refractivity contribution in [2.45, 2.75) is 19.8 Å². The van der Waals surface area contributed by atoms with E-state index in [-0.39, 0.29) is 5.69 Å². The molecule has 1 aromatic rings. The van der Waals surface area contributed by atoms with Gasteiger partial charge in [0.1, 0.15) is 12.0 Å². The first-order valence-corrected chi connectivity index (χ1v) is 6.66. The fourth-order valence-electron chi connectivity index (χ4n) is 3.24. The molecule has 3 rings (SSSR count). The lowest BCUT2D eigenvalue weighted by Crippen LogP contribution is -2.29.